The molecule has 0 spiro atoms. The summed E-state index contributed by atoms with van der Waals surface area (Å²) in [5.41, 5.74) is -0.661. The van der Waals surface area contributed by atoms with Crippen molar-refractivity contribution in [1.29, 1.82) is 0 Å². The van der Waals surface area contributed by atoms with E-state index in [0.29, 0.717) is 6.54 Å². The lowest BCUT2D eigenvalue weighted by Crippen LogP contribution is -2.63. The van der Waals surface area contributed by atoms with Gasteiger partial charge in [0, 0.05) is 23.5 Å². The molecule has 0 aromatic heterocycles. The maximum Gasteiger partial charge on any atom is 0.209 e. The number of aliphatic hydroxyl groups is 1. The van der Waals surface area contributed by atoms with E-state index >= 15 is 0 Å². The second kappa shape index (κ2) is 4.50. The number of nitrogens with one attached hydrogen (secondary N) is 2. The molecule has 3 N–H and O–H groups in total. The van der Waals surface area contributed by atoms with Crippen molar-refractivity contribution in [3.05, 3.63) is 0 Å². The fraction of sp³-hybridized carbons (Fsp3) is 1.00. The Morgan fingerprint density at radius 1 is 1.41 bits per heavy atom. The van der Waals surface area contributed by atoms with Crippen molar-refractivity contribution < 1.29 is 13.5 Å². The van der Waals surface area contributed by atoms with Gasteiger partial charge in [0.1, 0.15) is 0 Å². The Morgan fingerprint density at radius 3 is 2.29 bits per heavy atom. The number of aliphatic hydroxyl groups excluding tert-OH is 1. The number of hydrogen-bond acceptors (Lipinski definition) is 4. The molecule has 0 bridgehead atoms. The van der Waals surface area contributed by atoms with Gasteiger partial charge in [-0.2, -0.15) is 0 Å². The predicted molar refractivity (Wildman–Crippen MR) is 68.3 cm³/mol. The van der Waals surface area contributed by atoms with Gasteiger partial charge in [-0.05, 0) is 20.3 Å². The summed E-state index contributed by atoms with van der Waals surface area (Å²) < 4.78 is 24.9. The van der Waals surface area contributed by atoms with Gasteiger partial charge in [-0.15, -0.1) is 0 Å². The van der Waals surface area contributed by atoms with E-state index in [1.54, 1.807) is 0 Å². The lowest BCUT2D eigenvalue weighted by molar-refractivity contribution is -0.0734. The summed E-state index contributed by atoms with van der Waals surface area (Å²) in [7, 11) is -3.20. The average Bonchev–Trinajstić information content (AvgIpc) is 2.07. The summed E-state index contributed by atoms with van der Waals surface area (Å²) in [6.07, 6.45) is 1.61. The van der Waals surface area contributed by atoms with Crippen molar-refractivity contribution in [2.24, 2.45) is 5.41 Å². The van der Waals surface area contributed by atoms with Crippen molar-refractivity contribution in [3.63, 3.8) is 0 Å². The summed E-state index contributed by atoms with van der Waals surface area (Å²) in [6.45, 7) is 8.23. The zero-order valence-corrected chi connectivity index (χ0v) is 12.1. The summed E-state index contributed by atoms with van der Waals surface area (Å²) in [6, 6.07) is 0.234. The first-order valence-electron chi connectivity index (χ1n) is 5.84. The first-order chi connectivity index (χ1) is 7.44. The minimum atomic E-state index is -3.20. The van der Waals surface area contributed by atoms with Gasteiger partial charge in [0.15, 0.2) is 0 Å². The molecule has 102 valence electrons. The summed E-state index contributed by atoms with van der Waals surface area (Å²) in [4.78, 5) is 0. The molecule has 5 nitrogen and oxygen atoms in total. The van der Waals surface area contributed by atoms with Gasteiger partial charge >= 0.3 is 0 Å². The van der Waals surface area contributed by atoms with Crippen LogP contribution in [0, 0.1) is 5.41 Å². The van der Waals surface area contributed by atoms with E-state index in [1.807, 2.05) is 27.7 Å². The quantitative estimate of drug-likeness (QED) is 0.656. The van der Waals surface area contributed by atoms with Crippen LogP contribution >= 0.6 is 0 Å². The van der Waals surface area contributed by atoms with E-state index in [2.05, 4.69) is 10.0 Å². The SMILES string of the molecule is CC(C)(CNC1CC(O)C1(C)C)NS(C)(=O)=O. The van der Waals surface area contributed by atoms with Gasteiger partial charge in [0.05, 0.1) is 12.4 Å². The fourth-order valence-electron chi connectivity index (χ4n) is 2.17. The third kappa shape index (κ3) is 3.91. The van der Waals surface area contributed by atoms with Crippen LogP contribution in [0.15, 0.2) is 0 Å². The molecule has 1 aliphatic carbocycles. The van der Waals surface area contributed by atoms with Crippen LogP contribution in [0.4, 0.5) is 0 Å². The van der Waals surface area contributed by atoms with Crippen LogP contribution in [0.3, 0.4) is 0 Å². The standard InChI is InChI=1S/C11H24N2O3S/c1-10(2,13-17(5,15)16)7-12-8-6-9(14)11(8,3)4/h8-9,12-14H,6-7H2,1-5H3. The number of sulfonamides is 1. The second-order valence-corrected chi connectivity index (χ2v) is 8.01. The largest absolute Gasteiger partial charge is 0.392 e. The highest BCUT2D eigenvalue weighted by Gasteiger charge is 2.47. The van der Waals surface area contributed by atoms with Crippen molar-refractivity contribution in [2.45, 2.75) is 51.8 Å². The van der Waals surface area contributed by atoms with Crippen molar-refractivity contribution in [1.82, 2.24) is 10.0 Å². The third-order valence-electron chi connectivity index (χ3n) is 3.47. The van der Waals surface area contributed by atoms with Crippen LogP contribution in [0.2, 0.25) is 0 Å². The van der Waals surface area contributed by atoms with Gasteiger partial charge in [-0.25, -0.2) is 13.1 Å². The molecule has 1 rings (SSSR count). The molecule has 2 unspecified atom stereocenters. The van der Waals surface area contributed by atoms with E-state index < -0.39 is 15.6 Å². The highest BCUT2D eigenvalue weighted by molar-refractivity contribution is 7.88. The van der Waals surface area contributed by atoms with Crippen LogP contribution in [0.25, 0.3) is 0 Å². The predicted octanol–water partition coefficient (Wildman–Crippen LogP) is 0.0632. The van der Waals surface area contributed by atoms with Crippen molar-refractivity contribution in [2.75, 3.05) is 12.8 Å². The Morgan fingerprint density at radius 2 is 1.94 bits per heavy atom. The molecule has 6 heteroatoms. The number of rotatable bonds is 5. The van der Waals surface area contributed by atoms with Crippen LogP contribution in [0.5, 0.6) is 0 Å². The summed E-state index contributed by atoms with van der Waals surface area (Å²) in [5.74, 6) is 0. The molecule has 1 fully saturated rings. The van der Waals surface area contributed by atoms with Crippen molar-refractivity contribution in [3.8, 4) is 0 Å². The topological polar surface area (TPSA) is 78.4 Å². The van der Waals surface area contributed by atoms with E-state index in [-0.39, 0.29) is 17.6 Å². The highest BCUT2D eigenvalue weighted by Crippen LogP contribution is 2.40. The Bertz CT molecular complexity index is 376. The van der Waals surface area contributed by atoms with Gasteiger partial charge in [-0.3, -0.25) is 0 Å². The summed E-state index contributed by atoms with van der Waals surface area (Å²) in [5, 5.41) is 12.9. The molecule has 0 radical (unpaired) electrons. The molecule has 2 atom stereocenters. The molecule has 0 aliphatic heterocycles. The summed E-state index contributed by atoms with van der Waals surface area (Å²) >= 11 is 0. The smallest absolute Gasteiger partial charge is 0.209 e. The average molecular weight is 264 g/mol. The van der Waals surface area contributed by atoms with Crippen LogP contribution in [0.1, 0.15) is 34.1 Å². The van der Waals surface area contributed by atoms with Gasteiger partial charge in [0.2, 0.25) is 10.0 Å². The minimum absolute atomic E-state index is 0.138. The molecule has 0 amide bonds. The lowest BCUT2D eigenvalue weighted by atomic mass is 9.64. The van der Waals surface area contributed by atoms with Gasteiger partial charge in [-0.1, -0.05) is 13.8 Å². The third-order valence-corrected chi connectivity index (χ3v) is 4.39. The van der Waals surface area contributed by atoms with E-state index in [0.717, 1.165) is 12.7 Å². The first kappa shape index (κ1) is 14.9. The normalized spacial score (nSPS) is 28.8. The van der Waals surface area contributed by atoms with Crippen molar-refractivity contribution >= 4 is 10.0 Å². The van der Waals surface area contributed by atoms with Gasteiger partial charge < -0.3 is 10.4 Å². The molecule has 1 aliphatic rings. The monoisotopic (exact) mass is 264 g/mol. The lowest BCUT2D eigenvalue weighted by Gasteiger charge is -2.50. The van der Waals surface area contributed by atoms with Crippen LogP contribution < -0.4 is 10.0 Å². The zero-order chi connectivity index (χ0) is 13.5. The Balaban J connectivity index is 2.46. The molecule has 1 saturated carbocycles. The van der Waals surface area contributed by atoms with E-state index in [1.165, 1.54) is 0 Å². The minimum Gasteiger partial charge on any atom is -0.392 e. The maximum absolute atomic E-state index is 11.2. The fourth-order valence-corrected chi connectivity index (χ4v) is 3.24. The van der Waals surface area contributed by atoms with E-state index in [4.69, 9.17) is 0 Å². The molecule has 0 aromatic rings. The van der Waals surface area contributed by atoms with Crippen LogP contribution in [-0.2, 0) is 10.0 Å². The zero-order valence-electron chi connectivity index (χ0n) is 11.2. The molecular weight excluding hydrogens is 240 g/mol. The van der Waals surface area contributed by atoms with E-state index in [9.17, 15) is 13.5 Å². The van der Waals surface area contributed by atoms with Crippen LogP contribution in [-0.4, -0.2) is 44.0 Å². The highest BCUT2D eigenvalue weighted by atomic mass is 32.2. The van der Waals surface area contributed by atoms with Gasteiger partial charge in [0.25, 0.3) is 0 Å². The number of hydrogen-bond donors (Lipinski definition) is 3. The Labute approximate surface area is 104 Å². The molecule has 17 heavy (non-hydrogen) atoms. The molecular formula is C11H24N2O3S. The Kier molecular flexibility index (Phi) is 3.94. The Hall–Kier alpha value is -0.170. The first-order valence-corrected chi connectivity index (χ1v) is 7.73. The maximum atomic E-state index is 11.2. The second-order valence-electron chi connectivity index (χ2n) is 6.26. The molecule has 0 aromatic carbocycles. The molecule has 0 saturated heterocycles. The molecule has 0 heterocycles.